The molecule has 0 bridgehead atoms. The quantitative estimate of drug-likeness (QED) is 0.132. The molecule has 1 aliphatic rings. The summed E-state index contributed by atoms with van der Waals surface area (Å²) in [5.41, 5.74) is 8.17. The summed E-state index contributed by atoms with van der Waals surface area (Å²) in [6, 6.07) is 15.5. The molecule has 1 saturated carbocycles. The summed E-state index contributed by atoms with van der Waals surface area (Å²) in [6.45, 7) is 8.81. The second-order valence-electron chi connectivity index (χ2n) is 11.7. The van der Waals surface area contributed by atoms with E-state index in [1.54, 1.807) is 0 Å². The van der Waals surface area contributed by atoms with Gasteiger partial charge in [0.15, 0.2) is 6.20 Å². The van der Waals surface area contributed by atoms with Crippen LogP contribution in [0.15, 0.2) is 48.7 Å². The number of rotatable bonds is 1. The van der Waals surface area contributed by atoms with Crippen LogP contribution in [0.25, 0.3) is 49.0 Å². The molecule has 0 spiro atoms. The van der Waals surface area contributed by atoms with E-state index in [1.807, 2.05) is 13.0 Å². The van der Waals surface area contributed by atoms with Gasteiger partial charge in [-0.15, -0.1) is 0 Å². The molecule has 3 heteroatoms. The summed E-state index contributed by atoms with van der Waals surface area (Å²) in [6.07, 6.45) is 7.18. The maximum Gasteiger partial charge on any atom is 0.224 e. The summed E-state index contributed by atoms with van der Waals surface area (Å²) < 4.78 is 20.5. The lowest BCUT2D eigenvalue weighted by molar-refractivity contribution is -0.643. The van der Waals surface area contributed by atoms with Crippen molar-refractivity contribution in [3.8, 4) is 0 Å². The van der Waals surface area contributed by atoms with Gasteiger partial charge in [-0.3, -0.25) is 0 Å². The molecule has 7 rings (SSSR count). The van der Waals surface area contributed by atoms with Crippen molar-refractivity contribution in [1.82, 2.24) is 4.40 Å². The molecule has 2 nitrogen and oxygen atoms in total. The molecule has 176 valence electrons. The molecule has 35 heavy (non-hydrogen) atoms. The zero-order valence-corrected chi connectivity index (χ0v) is 21.3. The van der Waals surface area contributed by atoms with E-state index in [4.69, 9.17) is 0 Å². The van der Waals surface area contributed by atoms with Crippen molar-refractivity contribution >= 4 is 49.0 Å². The van der Waals surface area contributed by atoms with Gasteiger partial charge in [0.05, 0.1) is 27.3 Å². The zero-order chi connectivity index (χ0) is 24.2. The first kappa shape index (κ1) is 21.1. The van der Waals surface area contributed by atoms with E-state index >= 15 is 4.39 Å². The Morgan fingerprint density at radius 1 is 0.914 bits per heavy atom. The molecular weight excluding hydrogens is 431 g/mol. The van der Waals surface area contributed by atoms with Gasteiger partial charge in [-0.2, -0.15) is 0 Å². The smallest absolute Gasteiger partial charge is 0.224 e. The monoisotopic (exact) mass is 463 g/mol. The molecule has 1 fully saturated rings. The predicted octanol–water partition coefficient (Wildman–Crippen LogP) is 8.25. The first-order chi connectivity index (χ1) is 16.8. The molecule has 0 atom stereocenters. The molecule has 0 radical (unpaired) electrons. The van der Waals surface area contributed by atoms with Crippen LogP contribution in [-0.2, 0) is 7.05 Å². The van der Waals surface area contributed by atoms with Crippen LogP contribution in [0, 0.1) is 25.1 Å². The number of nitrogens with zero attached hydrogens (tertiary/aromatic N) is 2. The van der Waals surface area contributed by atoms with Gasteiger partial charge in [0.2, 0.25) is 5.52 Å². The van der Waals surface area contributed by atoms with Gasteiger partial charge < -0.3 is 4.40 Å². The lowest BCUT2D eigenvalue weighted by Gasteiger charge is -2.34. The van der Waals surface area contributed by atoms with Gasteiger partial charge in [0.25, 0.3) is 0 Å². The second-order valence-corrected chi connectivity index (χ2v) is 11.7. The molecular formula is C32H32FN2+. The Labute approximate surface area is 205 Å². The van der Waals surface area contributed by atoms with Crippen molar-refractivity contribution in [3.63, 3.8) is 0 Å². The predicted molar refractivity (Wildman–Crippen MR) is 144 cm³/mol. The number of aromatic nitrogens is 2. The maximum absolute atomic E-state index is 15.9. The van der Waals surface area contributed by atoms with Crippen LogP contribution in [-0.4, -0.2) is 4.40 Å². The van der Waals surface area contributed by atoms with Crippen molar-refractivity contribution < 1.29 is 8.96 Å². The molecule has 0 amide bonds. The van der Waals surface area contributed by atoms with E-state index in [-0.39, 0.29) is 5.82 Å². The van der Waals surface area contributed by atoms with Crippen molar-refractivity contribution in [3.05, 3.63) is 71.2 Å². The minimum Gasteiger partial charge on any atom is -0.307 e. The number of para-hydroxylation sites is 1. The highest BCUT2D eigenvalue weighted by Crippen LogP contribution is 2.46. The Kier molecular flexibility index (Phi) is 4.18. The number of benzene rings is 3. The first-order valence-electron chi connectivity index (χ1n) is 13.0. The van der Waals surface area contributed by atoms with Gasteiger partial charge in [0.1, 0.15) is 12.9 Å². The Balaban J connectivity index is 1.71. The zero-order valence-electron chi connectivity index (χ0n) is 21.3. The highest BCUT2D eigenvalue weighted by atomic mass is 19.1. The van der Waals surface area contributed by atoms with Crippen molar-refractivity contribution in [2.75, 3.05) is 0 Å². The summed E-state index contributed by atoms with van der Waals surface area (Å²) in [7, 11) is 2.12. The minimum absolute atomic E-state index is 0.0832. The second kappa shape index (κ2) is 6.94. The fourth-order valence-corrected chi connectivity index (χ4v) is 6.91. The number of hydrogen-bond donors (Lipinski definition) is 0. The standard InChI is InChI=1S/C32H32FN2/c1-18-19(2)29(33)28-23-8-6-7-9-24(23)35-25-17-22(20-10-13-32(3,4)14-11-20)16-21-12-15-34(5)30(27(21)25)26(18)31(28)35/h6-9,12,15-17,20H,10-11,13-14H2,1-5H3/q+1. The molecule has 0 N–H and O–H groups in total. The lowest BCUT2D eigenvalue weighted by Crippen LogP contribution is -2.29. The van der Waals surface area contributed by atoms with E-state index in [0.717, 1.165) is 32.9 Å². The Bertz CT molecular complexity index is 1810. The van der Waals surface area contributed by atoms with E-state index < -0.39 is 0 Å². The molecule has 0 unspecified atom stereocenters. The highest BCUT2D eigenvalue weighted by molar-refractivity contribution is 6.26. The highest BCUT2D eigenvalue weighted by Gasteiger charge is 2.30. The SMILES string of the molecule is Cc1c(F)c2c3ccccc3n3c4cc(C5CCC(C)(C)CC5)cc5cc[n+](C)c(c(c1C)c23)c54. The van der Waals surface area contributed by atoms with E-state index in [9.17, 15) is 0 Å². The Hall–Kier alpha value is -3.20. The van der Waals surface area contributed by atoms with Gasteiger partial charge in [-0.05, 0) is 85.1 Å². The van der Waals surface area contributed by atoms with Crippen LogP contribution in [0.4, 0.5) is 4.39 Å². The average Bonchev–Trinajstić information content (AvgIpc) is 3.19. The number of halogens is 1. The van der Waals surface area contributed by atoms with E-state index in [2.05, 4.69) is 79.4 Å². The number of hydrogen-bond acceptors (Lipinski definition) is 0. The molecule has 0 aliphatic heterocycles. The van der Waals surface area contributed by atoms with Crippen LogP contribution >= 0.6 is 0 Å². The summed E-state index contributed by atoms with van der Waals surface area (Å²) in [5.74, 6) is 0.497. The largest absolute Gasteiger partial charge is 0.307 e. The maximum atomic E-state index is 15.9. The molecule has 0 saturated heterocycles. The fourth-order valence-electron chi connectivity index (χ4n) is 6.91. The minimum atomic E-state index is -0.0832. The van der Waals surface area contributed by atoms with Crippen LogP contribution in [0.3, 0.4) is 0 Å². The van der Waals surface area contributed by atoms with Crippen LogP contribution in [0.5, 0.6) is 0 Å². The van der Waals surface area contributed by atoms with Crippen LogP contribution in [0.2, 0.25) is 0 Å². The van der Waals surface area contributed by atoms with Crippen LogP contribution in [0.1, 0.15) is 62.1 Å². The number of fused-ring (bicyclic) bond motifs is 5. The third-order valence-corrected chi connectivity index (χ3v) is 9.12. The normalized spacial score (nSPS) is 17.1. The van der Waals surface area contributed by atoms with E-state index in [1.165, 1.54) is 58.4 Å². The summed E-state index contributed by atoms with van der Waals surface area (Å²) >= 11 is 0. The summed E-state index contributed by atoms with van der Waals surface area (Å²) in [4.78, 5) is 0. The number of aryl methyl sites for hydroxylation is 2. The van der Waals surface area contributed by atoms with Crippen molar-refractivity contribution in [2.45, 2.75) is 59.3 Å². The molecule has 3 aromatic carbocycles. The average molecular weight is 464 g/mol. The number of pyridine rings is 2. The summed E-state index contributed by atoms with van der Waals surface area (Å²) in [5, 5.41) is 5.49. The molecule has 3 aromatic heterocycles. The first-order valence-corrected chi connectivity index (χ1v) is 13.0. The molecule has 3 heterocycles. The molecule has 6 aromatic rings. The fraction of sp³-hybridized carbons (Fsp3) is 0.344. The van der Waals surface area contributed by atoms with Gasteiger partial charge in [0, 0.05) is 16.8 Å². The third kappa shape index (κ3) is 2.73. The molecule has 1 aliphatic carbocycles. The van der Waals surface area contributed by atoms with Gasteiger partial charge in [-0.1, -0.05) is 38.1 Å². The van der Waals surface area contributed by atoms with Crippen molar-refractivity contribution in [2.24, 2.45) is 12.5 Å². The van der Waals surface area contributed by atoms with E-state index in [0.29, 0.717) is 11.3 Å². The Morgan fingerprint density at radius 3 is 2.43 bits per heavy atom. The lowest BCUT2D eigenvalue weighted by atomic mass is 9.71. The van der Waals surface area contributed by atoms with Gasteiger partial charge >= 0.3 is 0 Å². The van der Waals surface area contributed by atoms with Crippen LogP contribution < -0.4 is 4.57 Å². The van der Waals surface area contributed by atoms with Crippen molar-refractivity contribution in [1.29, 1.82) is 0 Å². The third-order valence-electron chi connectivity index (χ3n) is 9.12. The topological polar surface area (TPSA) is 8.29 Å². The van der Waals surface area contributed by atoms with Gasteiger partial charge in [-0.25, -0.2) is 8.96 Å². The Morgan fingerprint density at radius 2 is 1.66 bits per heavy atom.